The van der Waals surface area contributed by atoms with Crippen LogP contribution in [0.1, 0.15) is 19.4 Å². The molecular weight excluding hydrogens is 224 g/mol. The second kappa shape index (κ2) is 5.33. The molecule has 0 saturated carbocycles. The number of aromatic nitrogens is 2. The van der Waals surface area contributed by atoms with Crippen LogP contribution in [0.3, 0.4) is 0 Å². The Morgan fingerprint density at radius 2 is 2.11 bits per heavy atom. The molecule has 1 aromatic carbocycles. The zero-order chi connectivity index (χ0) is 13.0. The van der Waals surface area contributed by atoms with E-state index in [1.165, 1.54) is 0 Å². The standard InChI is InChI=1S/C15H14N2O/c1-4-12-6-5-7-13(8-12)14-9-16-10-15(17-14)18-11(2)3/h1,5-11H,2-3H3. The Bertz CT molecular complexity index is 585. The lowest BCUT2D eigenvalue weighted by molar-refractivity contribution is 0.232. The Kier molecular flexibility index (Phi) is 3.59. The first-order valence-electron chi connectivity index (χ1n) is 5.75. The van der Waals surface area contributed by atoms with E-state index >= 15 is 0 Å². The van der Waals surface area contributed by atoms with Gasteiger partial charge in [0.1, 0.15) is 0 Å². The summed E-state index contributed by atoms with van der Waals surface area (Å²) in [4.78, 5) is 8.54. The van der Waals surface area contributed by atoms with Crippen molar-refractivity contribution in [1.82, 2.24) is 9.97 Å². The van der Waals surface area contributed by atoms with E-state index in [1.807, 2.05) is 38.1 Å². The Balaban J connectivity index is 2.35. The lowest BCUT2D eigenvalue weighted by Gasteiger charge is -2.09. The minimum atomic E-state index is 0.0755. The Morgan fingerprint density at radius 3 is 2.83 bits per heavy atom. The van der Waals surface area contributed by atoms with Gasteiger partial charge in [-0.25, -0.2) is 4.98 Å². The summed E-state index contributed by atoms with van der Waals surface area (Å²) in [6.45, 7) is 3.90. The molecule has 0 bridgehead atoms. The molecule has 3 heteroatoms. The van der Waals surface area contributed by atoms with Gasteiger partial charge in [0.2, 0.25) is 5.88 Å². The molecule has 0 N–H and O–H groups in total. The molecule has 0 aliphatic rings. The van der Waals surface area contributed by atoms with Gasteiger partial charge < -0.3 is 4.74 Å². The Labute approximate surface area is 107 Å². The number of nitrogens with zero attached hydrogens (tertiary/aromatic N) is 2. The topological polar surface area (TPSA) is 35.0 Å². The quantitative estimate of drug-likeness (QED) is 0.771. The van der Waals surface area contributed by atoms with Crippen LogP contribution >= 0.6 is 0 Å². The molecule has 0 unspecified atom stereocenters. The number of benzene rings is 1. The molecular formula is C15H14N2O. The van der Waals surface area contributed by atoms with Gasteiger partial charge in [0.05, 0.1) is 24.2 Å². The van der Waals surface area contributed by atoms with Crippen LogP contribution in [-0.4, -0.2) is 16.1 Å². The third-order valence-electron chi connectivity index (χ3n) is 2.29. The van der Waals surface area contributed by atoms with E-state index in [1.54, 1.807) is 12.4 Å². The largest absolute Gasteiger partial charge is 0.474 e. The van der Waals surface area contributed by atoms with Gasteiger partial charge >= 0.3 is 0 Å². The Morgan fingerprint density at radius 1 is 1.28 bits per heavy atom. The molecule has 0 aliphatic carbocycles. The first-order chi connectivity index (χ1) is 8.69. The summed E-state index contributed by atoms with van der Waals surface area (Å²) in [6.07, 6.45) is 8.76. The van der Waals surface area contributed by atoms with Crippen LogP contribution < -0.4 is 4.74 Å². The summed E-state index contributed by atoms with van der Waals surface area (Å²) in [5.41, 5.74) is 2.52. The van der Waals surface area contributed by atoms with Gasteiger partial charge in [0, 0.05) is 11.1 Å². The SMILES string of the molecule is C#Cc1cccc(-c2cncc(OC(C)C)n2)c1. The minimum Gasteiger partial charge on any atom is -0.474 e. The van der Waals surface area contributed by atoms with E-state index in [4.69, 9.17) is 11.2 Å². The predicted octanol–water partition coefficient (Wildman–Crippen LogP) is 2.91. The maximum Gasteiger partial charge on any atom is 0.233 e. The molecule has 1 heterocycles. The fraction of sp³-hybridized carbons (Fsp3) is 0.200. The fourth-order valence-corrected chi connectivity index (χ4v) is 1.55. The molecule has 0 radical (unpaired) electrons. The van der Waals surface area contributed by atoms with Crippen LogP contribution in [0.15, 0.2) is 36.7 Å². The highest BCUT2D eigenvalue weighted by atomic mass is 16.5. The monoisotopic (exact) mass is 238 g/mol. The van der Waals surface area contributed by atoms with Gasteiger partial charge in [-0.2, -0.15) is 0 Å². The van der Waals surface area contributed by atoms with E-state index in [2.05, 4.69) is 15.9 Å². The second-order valence-corrected chi connectivity index (χ2v) is 4.13. The molecule has 3 nitrogen and oxygen atoms in total. The molecule has 90 valence electrons. The number of hydrogen-bond donors (Lipinski definition) is 0. The van der Waals surface area contributed by atoms with Crippen molar-refractivity contribution in [3.05, 3.63) is 42.2 Å². The van der Waals surface area contributed by atoms with Crippen LogP contribution in [0, 0.1) is 12.3 Å². The highest BCUT2D eigenvalue weighted by Gasteiger charge is 2.04. The summed E-state index contributed by atoms with van der Waals surface area (Å²) in [6, 6.07) is 7.64. The molecule has 2 rings (SSSR count). The fourth-order valence-electron chi connectivity index (χ4n) is 1.55. The minimum absolute atomic E-state index is 0.0755. The van der Waals surface area contributed by atoms with Crippen LogP contribution in [0.4, 0.5) is 0 Å². The summed E-state index contributed by atoms with van der Waals surface area (Å²) in [5, 5.41) is 0. The van der Waals surface area contributed by atoms with Crippen LogP contribution in [0.5, 0.6) is 5.88 Å². The summed E-state index contributed by atoms with van der Waals surface area (Å²) >= 11 is 0. The van der Waals surface area contributed by atoms with E-state index in [0.29, 0.717) is 5.88 Å². The molecule has 0 saturated heterocycles. The van der Waals surface area contributed by atoms with E-state index < -0.39 is 0 Å². The van der Waals surface area contributed by atoms with Crippen LogP contribution in [0.25, 0.3) is 11.3 Å². The predicted molar refractivity (Wildman–Crippen MR) is 71.2 cm³/mol. The number of ether oxygens (including phenoxy) is 1. The van der Waals surface area contributed by atoms with Gasteiger partial charge in [-0.15, -0.1) is 6.42 Å². The number of hydrogen-bond acceptors (Lipinski definition) is 3. The maximum atomic E-state index is 5.52. The Hall–Kier alpha value is -2.34. The van der Waals surface area contributed by atoms with Crippen molar-refractivity contribution in [2.24, 2.45) is 0 Å². The first-order valence-corrected chi connectivity index (χ1v) is 5.75. The van der Waals surface area contributed by atoms with Crippen molar-refractivity contribution in [3.8, 4) is 29.5 Å². The molecule has 0 amide bonds. The number of terminal acetylenes is 1. The molecule has 0 aliphatic heterocycles. The van der Waals surface area contributed by atoms with Crippen molar-refractivity contribution in [3.63, 3.8) is 0 Å². The van der Waals surface area contributed by atoms with Crippen molar-refractivity contribution in [2.75, 3.05) is 0 Å². The molecule has 0 atom stereocenters. The second-order valence-electron chi connectivity index (χ2n) is 4.13. The molecule has 1 aromatic heterocycles. The van der Waals surface area contributed by atoms with Gasteiger partial charge in [0.15, 0.2) is 0 Å². The summed E-state index contributed by atoms with van der Waals surface area (Å²) in [7, 11) is 0. The van der Waals surface area contributed by atoms with Crippen molar-refractivity contribution >= 4 is 0 Å². The van der Waals surface area contributed by atoms with E-state index in [9.17, 15) is 0 Å². The van der Waals surface area contributed by atoms with Crippen LogP contribution in [-0.2, 0) is 0 Å². The smallest absolute Gasteiger partial charge is 0.233 e. The van der Waals surface area contributed by atoms with Crippen molar-refractivity contribution < 1.29 is 4.74 Å². The highest BCUT2D eigenvalue weighted by molar-refractivity contribution is 5.61. The molecule has 18 heavy (non-hydrogen) atoms. The average molecular weight is 238 g/mol. The zero-order valence-electron chi connectivity index (χ0n) is 10.4. The van der Waals surface area contributed by atoms with Crippen molar-refractivity contribution in [2.45, 2.75) is 20.0 Å². The van der Waals surface area contributed by atoms with Crippen molar-refractivity contribution in [1.29, 1.82) is 0 Å². The lowest BCUT2D eigenvalue weighted by atomic mass is 10.1. The van der Waals surface area contributed by atoms with Crippen LogP contribution in [0.2, 0.25) is 0 Å². The summed E-state index contributed by atoms with van der Waals surface area (Å²) < 4.78 is 5.52. The average Bonchev–Trinajstić information content (AvgIpc) is 2.38. The summed E-state index contributed by atoms with van der Waals surface area (Å²) in [5.74, 6) is 3.13. The highest BCUT2D eigenvalue weighted by Crippen LogP contribution is 2.19. The van der Waals surface area contributed by atoms with E-state index in [0.717, 1.165) is 16.8 Å². The normalized spacial score (nSPS) is 10.1. The molecule has 0 spiro atoms. The third-order valence-corrected chi connectivity index (χ3v) is 2.29. The lowest BCUT2D eigenvalue weighted by Crippen LogP contribution is -2.07. The molecule has 2 aromatic rings. The maximum absolute atomic E-state index is 5.52. The zero-order valence-corrected chi connectivity index (χ0v) is 10.4. The number of rotatable bonds is 3. The molecule has 0 fully saturated rings. The third kappa shape index (κ3) is 2.86. The van der Waals surface area contributed by atoms with Gasteiger partial charge in [-0.05, 0) is 26.0 Å². The first kappa shape index (κ1) is 12.1. The van der Waals surface area contributed by atoms with Gasteiger partial charge in [-0.3, -0.25) is 4.98 Å². The van der Waals surface area contributed by atoms with Gasteiger partial charge in [0.25, 0.3) is 0 Å². The van der Waals surface area contributed by atoms with E-state index in [-0.39, 0.29) is 6.10 Å². The van der Waals surface area contributed by atoms with Gasteiger partial charge in [-0.1, -0.05) is 18.1 Å².